The summed E-state index contributed by atoms with van der Waals surface area (Å²) in [4.78, 5) is 18.0. The number of nitrogens with zero attached hydrogens (tertiary/aromatic N) is 2. The molecule has 5 heteroatoms. The Labute approximate surface area is 112 Å². The van der Waals surface area contributed by atoms with Gasteiger partial charge in [-0.3, -0.25) is 4.79 Å². The molecule has 0 spiro atoms. The van der Waals surface area contributed by atoms with E-state index >= 15 is 0 Å². The highest BCUT2D eigenvalue weighted by molar-refractivity contribution is 6.01. The summed E-state index contributed by atoms with van der Waals surface area (Å²) in [7, 11) is 0. The van der Waals surface area contributed by atoms with Crippen LogP contribution in [0.4, 0.5) is 0 Å². The van der Waals surface area contributed by atoms with Crippen LogP contribution < -0.4 is 11.5 Å². The molecule has 0 saturated carbocycles. The second-order valence-corrected chi connectivity index (χ2v) is 5.19. The predicted octanol–water partition coefficient (Wildman–Crippen LogP) is 0.651. The molecule has 0 aromatic heterocycles. The maximum Gasteiger partial charge on any atom is 0.296 e. The van der Waals surface area contributed by atoms with Crippen molar-refractivity contribution in [3.8, 4) is 0 Å². The Morgan fingerprint density at radius 2 is 2.21 bits per heavy atom. The number of aliphatic imine (C=N–C) groups is 1. The summed E-state index contributed by atoms with van der Waals surface area (Å²) >= 11 is 0. The molecule has 1 aliphatic carbocycles. The molecule has 3 rings (SSSR count). The lowest BCUT2D eigenvalue weighted by molar-refractivity contribution is -0.115. The molecule has 2 heterocycles. The third-order valence-electron chi connectivity index (χ3n) is 3.95. The SMILES string of the molecule is NC(N)=NC(=O)C1=CC2C=CC=C3CCCCN1C32. The molecular formula is C14H18N4O. The first-order valence-electron chi connectivity index (χ1n) is 6.66. The van der Waals surface area contributed by atoms with Crippen LogP contribution in [0.5, 0.6) is 0 Å². The third-order valence-corrected chi connectivity index (χ3v) is 3.95. The van der Waals surface area contributed by atoms with Crippen molar-refractivity contribution < 1.29 is 4.79 Å². The van der Waals surface area contributed by atoms with E-state index in [1.54, 1.807) is 0 Å². The summed E-state index contributed by atoms with van der Waals surface area (Å²) in [6.45, 7) is 0.893. The molecular weight excluding hydrogens is 240 g/mol. The van der Waals surface area contributed by atoms with Gasteiger partial charge in [-0.25, -0.2) is 0 Å². The third kappa shape index (κ3) is 2.05. The molecule has 19 heavy (non-hydrogen) atoms. The van der Waals surface area contributed by atoms with Gasteiger partial charge in [-0.15, -0.1) is 0 Å². The number of rotatable bonds is 1. The first-order valence-corrected chi connectivity index (χ1v) is 6.66. The second kappa shape index (κ2) is 4.57. The summed E-state index contributed by atoms with van der Waals surface area (Å²) in [5.41, 5.74) is 12.7. The van der Waals surface area contributed by atoms with Gasteiger partial charge in [0.05, 0.1) is 6.04 Å². The number of hydrogen-bond acceptors (Lipinski definition) is 2. The van der Waals surface area contributed by atoms with Crippen LogP contribution in [0.1, 0.15) is 19.3 Å². The zero-order chi connectivity index (χ0) is 13.4. The summed E-state index contributed by atoms with van der Waals surface area (Å²) in [5.74, 6) is -0.239. The van der Waals surface area contributed by atoms with E-state index in [-0.39, 0.29) is 17.8 Å². The fourth-order valence-electron chi connectivity index (χ4n) is 3.21. The van der Waals surface area contributed by atoms with Gasteiger partial charge in [0.2, 0.25) is 0 Å². The summed E-state index contributed by atoms with van der Waals surface area (Å²) in [5, 5.41) is 0. The smallest absolute Gasteiger partial charge is 0.296 e. The van der Waals surface area contributed by atoms with Crippen LogP contribution in [0.15, 0.2) is 40.6 Å². The Morgan fingerprint density at radius 3 is 3.00 bits per heavy atom. The van der Waals surface area contributed by atoms with Gasteiger partial charge >= 0.3 is 0 Å². The normalized spacial score (nSPS) is 28.1. The van der Waals surface area contributed by atoms with Gasteiger partial charge in [0.25, 0.3) is 5.91 Å². The van der Waals surface area contributed by atoms with Gasteiger partial charge in [0, 0.05) is 12.5 Å². The van der Waals surface area contributed by atoms with E-state index in [9.17, 15) is 4.79 Å². The van der Waals surface area contributed by atoms with E-state index in [1.807, 2.05) is 6.08 Å². The Morgan fingerprint density at radius 1 is 1.37 bits per heavy atom. The quantitative estimate of drug-likeness (QED) is 0.534. The number of guanidine groups is 1. The molecule has 1 saturated heterocycles. The molecule has 2 atom stereocenters. The molecule has 1 amide bonds. The van der Waals surface area contributed by atoms with Crippen LogP contribution in [0.3, 0.4) is 0 Å². The highest BCUT2D eigenvalue weighted by Gasteiger charge is 2.39. The Hall–Kier alpha value is -2.04. The first kappa shape index (κ1) is 12.0. The second-order valence-electron chi connectivity index (χ2n) is 5.19. The van der Waals surface area contributed by atoms with Crippen molar-refractivity contribution >= 4 is 11.9 Å². The van der Waals surface area contributed by atoms with Gasteiger partial charge in [-0.2, -0.15) is 4.99 Å². The molecule has 0 aromatic carbocycles. The van der Waals surface area contributed by atoms with Crippen LogP contribution >= 0.6 is 0 Å². The van der Waals surface area contributed by atoms with Gasteiger partial charge < -0.3 is 16.4 Å². The van der Waals surface area contributed by atoms with Gasteiger partial charge in [-0.1, -0.05) is 18.2 Å². The summed E-state index contributed by atoms with van der Waals surface area (Å²) < 4.78 is 0. The van der Waals surface area contributed by atoms with Gasteiger partial charge in [0.1, 0.15) is 5.70 Å². The van der Waals surface area contributed by atoms with Crippen molar-refractivity contribution in [2.75, 3.05) is 6.54 Å². The van der Waals surface area contributed by atoms with E-state index in [1.165, 1.54) is 12.0 Å². The molecule has 5 nitrogen and oxygen atoms in total. The van der Waals surface area contributed by atoms with Crippen LogP contribution in [-0.2, 0) is 4.79 Å². The van der Waals surface area contributed by atoms with Crippen LogP contribution in [0, 0.1) is 5.92 Å². The fraction of sp³-hybridized carbons (Fsp3) is 0.429. The highest BCUT2D eigenvalue weighted by Crippen LogP contribution is 2.39. The molecule has 3 aliphatic rings. The molecule has 1 fully saturated rings. The largest absolute Gasteiger partial charge is 0.370 e. The lowest BCUT2D eigenvalue weighted by Crippen LogP contribution is -2.37. The molecule has 2 aliphatic heterocycles. The Kier molecular flexibility index (Phi) is 2.89. The molecule has 0 aromatic rings. The zero-order valence-corrected chi connectivity index (χ0v) is 10.7. The topological polar surface area (TPSA) is 84.7 Å². The number of carbonyl (C=O) groups excluding carboxylic acids is 1. The van der Waals surface area contributed by atoms with Crippen LogP contribution in [-0.4, -0.2) is 29.4 Å². The molecule has 100 valence electrons. The zero-order valence-electron chi connectivity index (χ0n) is 10.7. The monoisotopic (exact) mass is 258 g/mol. The van der Waals surface area contributed by atoms with E-state index in [4.69, 9.17) is 11.5 Å². The molecule has 0 radical (unpaired) electrons. The lowest BCUT2D eigenvalue weighted by atomic mass is 9.88. The average molecular weight is 258 g/mol. The van der Waals surface area contributed by atoms with Gasteiger partial charge in [-0.05, 0) is 30.9 Å². The maximum absolute atomic E-state index is 12.1. The summed E-state index contributed by atoms with van der Waals surface area (Å²) in [6, 6.07) is 0.292. The number of nitrogens with two attached hydrogens (primary N) is 2. The van der Waals surface area contributed by atoms with Crippen molar-refractivity contribution in [2.24, 2.45) is 22.4 Å². The van der Waals surface area contributed by atoms with Crippen LogP contribution in [0.2, 0.25) is 0 Å². The minimum absolute atomic E-state index is 0.179. The van der Waals surface area contributed by atoms with Gasteiger partial charge in [0.15, 0.2) is 5.96 Å². The minimum atomic E-state index is -0.330. The minimum Gasteiger partial charge on any atom is -0.370 e. The number of carbonyl (C=O) groups is 1. The lowest BCUT2D eigenvalue weighted by Gasteiger charge is -2.31. The van der Waals surface area contributed by atoms with E-state index in [0.29, 0.717) is 11.7 Å². The Bertz CT molecular complexity index is 526. The molecule has 4 N–H and O–H groups in total. The van der Waals surface area contributed by atoms with Crippen molar-refractivity contribution in [2.45, 2.75) is 25.3 Å². The van der Waals surface area contributed by atoms with Crippen molar-refractivity contribution in [3.05, 3.63) is 35.6 Å². The van der Waals surface area contributed by atoms with Crippen molar-refractivity contribution in [3.63, 3.8) is 0 Å². The predicted molar refractivity (Wildman–Crippen MR) is 74.0 cm³/mol. The molecule has 2 unspecified atom stereocenters. The van der Waals surface area contributed by atoms with E-state index in [0.717, 1.165) is 19.4 Å². The number of amides is 1. The number of allylic oxidation sites excluding steroid dienone is 2. The number of hydrogen-bond donors (Lipinski definition) is 2. The first-order chi connectivity index (χ1) is 9.16. The highest BCUT2D eigenvalue weighted by atomic mass is 16.1. The van der Waals surface area contributed by atoms with Crippen molar-refractivity contribution in [1.82, 2.24) is 4.90 Å². The van der Waals surface area contributed by atoms with Crippen LogP contribution in [0.25, 0.3) is 0 Å². The van der Waals surface area contributed by atoms with E-state index in [2.05, 4.69) is 28.1 Å². The fourth-order valence-corrected chi connectivity index (χ4v) is 3.21. The average Bonchev–Trinajstić information content (AvgIpc) is 2.59. The standard InChI is InChI=1S/C14H18N4O/c15-14(16)17-13(19)11-8-10-6-3-5-9-4-1-2-7-18(11)12(9)10/h3,5-6,8,10,12H,1-2,4,7H2,(H4,15,16,17,19). The molecule has 0 bridgehead atoms. The van der Waals surface area contributed by atoms with E-state index < -0.39 is 0 Å². The Balaban J connectivity index is 1.95. The maximum atomic E-state index is 12.1. The summed E-state index contributed by atoms with van der Waals surface area (Å²) in [6.07, 6.45) is 11.8. The van der Waals surface area contributed by atoms with Crippen molar-refractivity contribution in [1.29, 1.82) is 0 Å².